The average Bonchev–Trinajstić information content (AvgIpc) is 2.69. The van der Waals surface area contributed by atoms with Crippen LogP contribution in [0.5, 0.6) is 0 Å². The van der Waals surface area contributed by atoms with E-state index < -0.39 is 23.8 Å². The molecule has 2 amide bonds. The van der Waals surface area contributed by atoms with Crippen LogP contribution in [0.15, 0.2) is 54.6 Å². The number of anilines is 1. The Labute approximate surface area is 172 Å². The first-order valence-corrected chi connectivity index (χ1v) is 9.19. The van der Waals surface area contributed by atoms with Gasteiger partial charge in [-0.2, -0.15) is 0 Å². The second kappa shape index (κ2) is 11.0. The molecule has 0 radical (unpaired) electrons. The van der Waals surface area contributed by atoms with E-state index in [1.807, 2.05) is 30.3 Å². The first-order valence-electron chi connectivity index (χ1n) is 8.81. The lowest BCUT2D eigenvalue weighted by Gasteiger charge is -2.14. The van der Waals surface area contributed by atoms with Gasteiger partial charge in [0.2, 0.25) is 5.91 Å². The van der Waals surface area contributed by atoms with E-state index in [1.54, 1.807) is 6.08 Å². The number of hydrogen-bond acceptors (Lipinski definition) is 4. The lowest BCUT2D eigenvalue weighted by Crippen LogP contribution is -2.31. The fourth-order valence-corrected chi connectivity index (χ4v) is 2.43. The molecule has 0 spiro atoms. The fraction of sp³-hybridized carbons (Fsp3) is 0.190. The number of nitrogens with one attached hydrogen (secondary N) is 2. The molecule has 0 aliphatic heterocycles. The van der Waals surface area contributed by atoms with Crippen molar-refractivity contribution in [1.82, 2.24) is 5.32 Å². The molecule has 0 aromatic heterocycles. The second-order valence-corrected chi connectivity index (χ2v) is 6.44. The first kappa shape index (κ1) is 22.1. The molecule has 0 saturated carbocycles. The van der Waals surface area contributed by atoms with Gasteiger partial charge >= 0.3 is 5.97 Å². The highest BCUT2D eigenvalue weighted by Gasteiger charge is 2.18. The van der Waals surface area contributed by atoms with Crippen molar-refractivity contribution in [2.75, 3.05) is 11.9 Å². The number of rotatable bonds is 8. The van der Waals surface area contributed by atoms with Gasteiger partial charge in [-0.05, 0) is 36.8 Å². The predicted molar refractivity (Wildman–Crippen MR) is 109 cm³/mol. The van der Waals surface area contributed by atoms with Gasteiger partial charge in [-0.1, -0.05) is 41.9 Å². The topological polar surface area (TPSA) is 84.5 Å². The van der Waals surface area contributed by atoms with Crippen molar-refractivity contribution in [3.05, 3.63) is 71.0 Å². The highest BCUT2D eigenvalue weighted by molar-refractivity contribution is 6.33. The Balaban J connectivity index is 1.71. The molecule has 0 saturated heterocycles. The van der Waals surface area contributed by atoms with Gasteiger partial charge < -0.3 is 15.4 Å². The molecule has 2 aromatic carbocycles. The van der Waals surface area contributed by atoms with Crippen molar-refractivity contribution < 1.29 is 23.5 Å². The Bertz CT molecular complexity index is 903. The van der Waals surface area contributed by atoms with Crippen molar-refractivity contribution in [3.63, 3.8) is 0 Å². The minimum absolute atomic E-state index is 0.0307. The zero-order valence-electron chi connectivity index (χ0n) is 15.7. The molecule has 0 heterocycles. The fourth-order valence-electron chi connectivity index (χ4n) is 2.22. The summed E-state index contributed by atoms with van der Waals surface area (Å²) in [5.41, 5.74) is 1.08. The van der Waals surface area contributed by atoms with E-state index in [4.69, 9.17) is 16.3 Å². The number of halogens is 2. The highest BCUT2D eigenvalue weighted by atomic mass is 35.5. The van der Waals surface area contributed by atoms with Crippen LogP contribution in [0.3, 0.4) is 0 Å². The quantitative estimate of drug-likeness (QED) is 0.507. The van der Waals surface area contributed by atoms with Crippen LogP contribution in [0.4, 0.5) is 10.1 Å². The first-order chi connectivity index (χ1) is 13.8. The van der Waals surface area contributed by atoms with Crippen LogP contribution in [-0.2, 0) is 19.1 Å². The van der Waals surface area contributed by atoms with E-state index in [1.165, 1.54) is 19.1 Å². The van der Waals surface area contributed by atoms with Gasteiger partial charge in [0, 0.05) is 12.6 Å². The monoisotopic (exact) mass is 418 g/mol. The molecule has 0 fully saturated rings. The van der Waals surface area contributed by atoms with Crippen LogP contribution < -0.4 is 10.6 Å². The summed E-state index contributed by atoms with van der Waals surface area (Å²) in [6.07, 6.45) is 1.83. The maximum Gasteiger partial charge on any atom is 0.308 e. The third kappa shape index (κ3) is 7.75. The van der Waals surface area contributed by atoms with Gasteiger partial charge in [-0.25, -0.2) is 4.39 Å². The Morgan fingerprint density at radius 1 is 1.17 bits per heavy atom. The molecule has 2 N–H and O–H groups in total. The molecule has 152 valence electrons. The van der Waals surface area contributed by atoms with Gasteiger partial charge in [0.25, 0.3) is 5.91 Å². The van der Waals surface area contributed by atoms with Gasteiger partial charge in [-0.3, -0.25) is 14.4 Å². The number of hydrogen-bond donors (Lipinski definition) is 2. The van der Waals surface area contributed by atoms with Crippen LogP contribution in [0, 0.1) is 5.82 Å². The smallest absolute Gasteiger partial charge is 0.308 e. The minimum atomic E-state index is -1.09. The summed E-state index contributed by atoms with van der Waals surface area (Å²) in [5.74, 6) is -2.14. The minimum Gasteiger partial charge on any atom is -0.452 e. The normalized spacial score (nSPS) is 11.7. The third-order valence-corrected chi connectivity index (χ3v) is 4.03. The van der Waals surface area contributed by atoms with Crippen LogP contribution in [-0.4, -0.2) is 30.4 Å². The lowest BCUT2D eigenvalue weighted by molar-refractivity contribution is -0.153. The molecular weight excluding hydrogens is 399 g/mol. The van der Waals surface area contributed by atoms with Crippen molar-refractivity contribution in [3.8, 4) is 0 Å². The maximum atomic E-state index is 13.0. The Kier molecular flexibility index (Phi) is 8.36. The average molecular weight is 419 g/mol. The Morgan fingerprint density at radius 3 is 2.59 bits per heavy atom. The summed E-state index contributed by atoms with van der Waals surface area (Å²) in [4.78, 5) is 35.6. The molecule has 0 unspecified atom stereocenters. The SMILES string of the molecule is C[C@H](OC(=O)CCNC(=O)/C=C/c1ccccc1)C(=O)Nc1ccc(F)cc1Cl. The zero-order valence-corrected chi connectivity index (χ0v) is 16.4. The van der Waals surface area contributed by atoms with E-state index in [0.717, 1.165) is 17.7 Å². The maximum absolute atomic E-state index is 13.0. The van der Waals surface area contributed by atoms with Crippen molar-refractivity contribution in [2.45, 2.75) is 19.4 Å². The molecule has 0 bridgehead atoms. The summed E-state index contributed by atoms with van der Waals surface area (Å²) in [5, 5.41) is 5.04. The molecule has 1 atom stereocenters. The lowest BCUT2D eigenvalue weighted by atomic mass is 10.2. The molecule has 29 heavy (non-hydrogen) atoms. The van der Waals surface area contributed by atoms with Crippen molar-refractivity contribution >= 4 is 41.1 Å². The van der Waals surface area contributed by atoms with Gasteiger partial charge in [0.15, 0.2) is 6.10 Å². The molecular formula is C21H20ClFN2O4. The van der Waals surface area contributed by atoms with Crippen LogP contribution >= 0.6 is 11.6 Å². The largest absolute Gasteiger partial charge is 0.452 e. The molecule has 0 aliphatic rings. The number of amides is 2. The van der Waals surface area contributed by atoms with Gasteiger partial charge in [0.05, 0.1) is 17.1 Å². The number of carbonyl (C=O) groups is 3. The standard InChI is InChI=1S/C21H20ClFN2O4/c1-14(21(28)25-18-9-8-16(23)13-17(18)22)29-20(27)11-12-24-19(26)10-7-15-5-3-2-4-6-15/h2-10,13-14H,11-12H2,1H3,(H,24,26)(H,25,28)/b10-7+/t14-/m0/s1. The molecule has 0 aliphatic carbocycles. The van der Waals surface area contributed by atoms with E-state index >= 15 is 0 Å². The molecule has 8 heteroatoms. The van der Waals surface area contributed by atoms with Crippen LogP contribution in [0.2, 0.25) is 5.02 Å². The Hall–Kier alpha value is -3.19. The van der Waals surface area contributed by atoms with Crippen LogP contribution in [0.25, 0.3) is 6.08 Å². The summed E-state index contributed by atoms with van der Waals surface area (Å²) in [6.45, 7) is 1.46. The van der Waals surface area contributed by atoms with E-state index in [9.17, 15) is 18.8 Å². The highest BCUT2D eigenvalue weighted by Crippen LogP contribution is 2.22. The summed E-state index contributed by atoms with van der Waals surface area (Å²) in [6, 6.07) is 12.8. The van der Waals surface area contributed by atoms with E-state index in [-0.39, 0.29) is 29.6 Å². The molecule has 2 rings (SSSR count). The number of carbonyl (C=O) groups excluding carboxylic acids is 3. The molecule has 6 nitrogen and oxygen atoms in total. The number of ether oxygens (including phenoxy) is 1. The number of esters is 1. The van der Waals surface area contributed by atoms with Gasteiger partial charge in [-0.15, -0.1) is 0 Å². The predicted octanol–water partition coefficient (Wildman–Crippen LogP) is 3.57. The van der Waals surface area contributed by atoms with Crippen molar-refractivity contribution in [2.24, 2.45) is 0 Å². The third-order valence-electron chi connectivity index (χ3n) is 3.72. The number of benzene rings is 2. The van der Waals surface area contributed by atoms with Crippen molar-refractivity contribution in [1.29, 1.82) is 0 Å². The van der Waals surface area contributed by atoms with Crippen LogP contribution in [0.1, 0.15) is 18.9 Å². The summed E-state index contributed by atoms with van der Waals surface area (Å²) in [7, 11) is 0. The summed E-state index contributed by atoms with van der Waals surface area (Å²) < 4.78 is 18.0. The molecule has 2 aromatic rings. The second-order valence-electron chi connectivity index (χ2n) is 6.03. The van der Waals surface area contributed by atoms with Gasteiger partial charge in [0.1, 0.15) is 5.82 Å². The Morgan fingerprint density at radius 2 is 1.90 bits per heavy atom. The summed E-state index contributed by atoms with van der Waals surface area (Å²) >= 11 is 5.84. The van der Waals surface area contributed by atoms with E-state index in [2.05, 4.69) is 10.6 Å². The van der Waals surface area contributed by atoms with E-state index in [0.29, 0.717) is 0 Å². The zero-order chi connectivity index (χ0) is 21.2.